The van der Waals surface area contributed by atoms with E-state index in [4.69, 9.17) is 9.47 Å². The average Bonchev–Trinajstić information content (AvgIpc) is 3.16. The van der Waals surface area contributed by atoms with Gasteiger partial charge in [-0.1, -0.05) is 17.8 Å². The highest BCUT2D eigenvalue weighted by atomic mass is 32.2. The number of amides is 1. The molecule has 1 amide bonds. The summed E-state index contributed by atoms with van der Waals surface area (Å²) in [5, 5.41) is 14.2. The van der Waals surface area contributed by atoms with Crippen LogP contribution in [-0.4, -0.2) is 44.6 Å². The molecule has 0 saturated carbocycles. The third-order valence-corrected chi connectivity index (χ3v) is 4.99. The number of tetrazole rings is 1. The Morgan fingerprint density at radius 1 is 1.21 bits per heavy atom. The molecule has 0 fully saturated rings. The highest BCUT2D eigenvalue weighted by Gasteiger charge is 2.20. The zero-order chi connectivity index (χ0) is 19.5. The summed E-state index contributed by atoms with van der Waals surface area (Å²) in [4.78, 5) is 12.6. The van der Waals surface area contributed by atoms with Gasteiger partial charge in [0.25, 0.3) is 0 Å². The number of aromatic nitrogens is 4. The van der Waals surface area contributed by atoms with Crippen molar-refractivity contribution in [2.75, 3.05) is 18.5 Å². The summed E-state index contributed by atoms with van der Waals surface area (Å²) in [5.74, 6) is 0.629. The molecular weight excluding hydrogens is 385 g/mol. The van der Waals surface area contributed by atoms with Crippen LogP contribution in [0.5, 0.6) is 11.5 Å². The van der Waals surface area contributed by atoms with E-state index in [2.05, 4.69) is 20.8 Å². The largest absolute Gasteiger partial charge is 0.486 e. The Bertz CT molecular complexity index is 1010. The summed E-state index contributed by atoms with van der Waals surface area (Å²) in [7, 11) is 0. The molecule has 1 aliphatic rings. The fourth-order valence-electron chi connectivity index (χ4n) is 2.60. The maximum absolute atomic E-state index is 13.5. The van der Waals surface area contributed by atoms with Crippen molar-refractivity contribution in [3.8, 4) is 17.2 Å². The van der Waals surface area contributed by atoms with Crippen LogP contribution in [0.4, 0.5) is 10.1 Å². The first-order valence-electron chi connectivity index (χ1n) is 8.51. The number of rotatable bonds is 5. The Morgan fingerprint density at radius 2 is 2.04 bits per heavy atom. The molecule has 0 spiro atoms. The molecule has 28 heavy (non-hydrogen) atoms. The van der Waals surface area contributed by atoms with E-state index in [1.807, 2.05) is 0 Å². The zero-order valence-electron chi connectivity index (χ0n) is 14.8. The zero-order valence-corrected chi connectivity index (χ0v) is 15.6. The predicted octanol–water partition coefficient (Wildman–Crippen LogP) is 2.69. The second kappa shape index (κ2) is 7.85. The van der Waals surface area contributed by atoms with Crippen molar-refractivity contribution in [2.45, 2.75) is 17.3 Å². The third-order valence-electron chi connectivity index (χ3n) is 3.95. The van der Waals surface area contributed by atoms with Crippen LogP contribution in [0.2, 0.25) is 0 Å². The molecule has 144 valence electrons. The predicted molar refractivity (Wildman–Crippen MR) is 100 cm³/mol. The molecule has 0 saturated heterocycles. The molecule has 1 N–H and O–H groups in total. The molecule has 1 unspecified atom stereocenters. The first kappa shape index (κ1) is 18.2. The molecule has 0 aliphatic carbocycles. The van der Waals surface area contributed by atoms with Gasteiger partial charge in [-0.3, -0.25) is 4.79 Å². The number of benzene rings is 2. The van der Waals surface area contributed by atoms with Crippen LogP contribution in [0.3, 0.4) is 0 Å². The van der Waals surface area contributed by atoms with Crippen molar-refractivity contribution in [3.63, 3.8) is 0 Å². The molecule has 1 aromatic heterocycles. The van der Waals surface area contributed by atoms with E-state index in [0.717, 1.165) is 0 Å². The average molecular weight is 401 g/mol. The van der Waals surface area contributed by atoms with E-state index in [1.54, 1.807) is 37.3 Å². The normalized spacial score (nSPS) is 13.8. The summed E-state index contributed by atoms with van der Waals surface area (Å²) in [6.07, 6.45) is 0. The number of hydrogen-bond acceptors (Lipinski definition) is 7. The molecule has 2 aromatic carbocycles. The number of halogens is 1. The van der Waals surface area contributed by atoms with Crippen LogP contribution in [0.25, 0.3) is 5.69 Å². The summed E-state index contributed by atoms with van der Waals surface area (Å²) >= 11 is 1.17. The third kappa shape index (κ3) is 3.91. The van der Waals surface area contributed by atoms with E-state index in [0.29, 0.717) is 41.2 Å². The Morgan fingerprint density at radius 3 is 2.86 bits per heavy atom. The lowest BCUT2D eigenvalue weighted by Crippen LogP contribution is -2.23. The van der Waals surface area contributed by atoms with Crippen molar-refractivity contribution in [2.24, 2.45) is 0 Å². The number of anilines is 1. The van der Waals surface area contributed by atoms with E-state index >= 15 is 0 Å². The van der Waals surface area contributed by atoms with Gasteiger partial charge in [0.05, 0.1) is 10.9 Å². The highest BCUT2D eigenvalue weighted by Crippen LogP contribution is 2.33. The molecule has 0 radical (unpaired) electrons. The van der Waals surface area contributed by atoms with Gasteiger partial charge in [0.15, 0.2) is 11.5 Å². The van der Waals surface area contributed by atoms with Crippen molar-refractivity contribution >= 4 is 23.4 Å². The Kier molecular flexibility index (Phi) is 5.11. The number of thioether (sulfide) groups is 1. The lowest BCUT2D eigenvalue weighted by atomic mass is 10.2. The van der Waals surface area contributed by atoms with Crippen molar-refractivity contribution in [3.05, 3.63) is 48.3 Å². The first-order valence-corrected chi connectivity index (χ1v) is 9.39. The van der Waals surface area contributed by atoms with Gasteiger partial charge in [-0.15, -0.1) is 5.10 Å². The molecule has 3 aromatic rings. The van der Waals surface area contributed by atoms with E-state index in [1.165, 1.54) is 28.6 Å². The Labute approximate surface area is 164 Å². The van der Waals surface area contributed by atoms with Gasteiger partial charge in [-0.2, -0.15) is 4.68 Å². The number of fused-ring (bicyclic) bond motifs is 1. The van der Waals surface area contributed by atoms with Crippen LogP contribution in [-0.2, 0) is 4.79 Å². The maximum atomic E-state index is 13.5. The van der Waals surface area contributed by atoms with Crippen LogP contribution in [0, 0.1) is 5.82 Å². The first-order chi connectivity index (χ1) is 13.6. The van der Waals surface area contributed by atoms with Gasteiger partial charge in [0.1, 0.15) is 19.0 Å². The number of carbonyl (C=O) groups excluding carboxylic acids is 1. The van der Waals surface area contributed by atoms with Crippen LogP contribution in [0.1, 0.15) is 6.92 Å². The fraction of sp³-hybridized carbons (Fsp3) is 0.222. The molecule has 1 aliphatic heterocycles. The molecule has 1 atom stereocenters. The van der Waals surface area contributed by atoms with Gasteiger partial charge in [0.2, 0.25) is 11.1 Å². The van der Waals surface area contributed by atoms with Gasteiger partial charge in [0, 0.05) is 11.8 Å². The SMILES string of the molecule is CC(Sc1nnnn1-c1cccc(F)c1)C(=O)Nc1ccc2c(c1)OCCO2. The molecule has 2 heterocycles. The van der Waals surface area contributed by atoms with Gasteiger partial charge in [-0.25, -0.2) is 4.39 Å². The minimum absolute atomic E-state index is 0.226. The molecular formula is C18H16FN5O3S. The molecule has 10 heteroatoms. The van der Waals surface area contributed by atoms with Crippen molar-refractivity contribution in [1.82, 2.24) is 20.2 Å². The lowest BCUT2D eigenvalue weighted by Gasteiger charge is -2.19. The Hall–Kier alpha value is -3.14. The van der Waals surface area contributed by atoms with Crippen LogP contribution < -0.4 is 14.8 Å². The standard InChI is InChI=1S/C18H16FN5O3S/c1-11(17(25)20-13-5-6-15-16(10-13)27-8-7-26-15)28-18-21-22-23-24(18)14-4-2-3-12(19)9-14/h2-6,9-11H,7-8H2,1H3,(H,20,25). The molecule has 4 rings (SSSR count). The number of carbonyl (C=O) groups is 1. The quantitative estimate of drug-likeness (QED) is 0.657. The summed E-state index contributed by atoms with van der Waals surface area (Å²) in [5.41, 5.74) is 1.08. The molecule has 8 nitrogen and oxygen atoms in total. The number of nitrogens with one attached hydrogen (secondary N) is 1. The van der Waals surface area contributed by atoms with Gasteiger partial charge < -0.3 is 14.8 Å². The number of nitrogens with zero attached hydrogens (tertiary/aromatic N) is 4. The van der Waals surface area contributed by atoms with Crippen LogP contribution in [0.15, 0.2) is 47.6 Å². The van der Waals surface area contributed by atoms with Crippen molar-refractivity contribution in [1.29, 1.82) is 0 Å². The minimum Gasteiger partial charge on any atom is -0.486 e. The summed E-state index contributed by atoms with van der Waals surface area (Å²) in [6, 6.07) is 11.1. The van der Waals surface area contributed by atoms with Gasteiger partial charge in [-0.05, 0) is 47.7 Å². The van der Waals surface area contributed by atoms with Gasteiger partial charge >= 0.3 is 0 Å². The summed E-state index contributed by atoms with van der Waals surface area (Å²) < 4.78 is 25.9. The maximum Gasteiger partial charge on any atom is 0.237 e. The smallest absolute Gasteiger partial charge is 0.237 e. The Balaban J connectivity index is 1.45. The fourth-order valence-corrected chi connectivity index (χ4v) is 3.41. The minimum atomic E-state index is -0.494. The van der Waals surface area contributed by atoms with E-state index in [9.17, 15) is 9.18 Å². The number of ether oxygens (including phenoxy) is 2. The number of hydrogen-bond donors (Lipinski definition) is 1. The van der Waals surface area contributed by atoms with E-state index < -0.39 is 11.1 Å². The lowest BCUT2D eigenvalue weighted by molar-refractivity contribution is -0.115. The molecule has 0 bridgehead atoms. The van der Waals surface area contributed by atoms with Crippen molar-refractivity contribution < 1.29 is 18.7 Å². The van der Waals surface area contributed by atoms with E-state index in [-0.39, 0.29) is 5.91 Å². The van der Waals surface area contributed by atoms with Crippen LogP contribution >= 0.6 is 11.8 Å². The second-order valence-corrected chi connectivity index (χ2v) is 7.27. The topological polar surface area (TPSA) is 91.2 Å². The monoisotopic (exact) mass is 401 g/mol. The summed E-state index contributed by atoms with van der Waals surface area (Å²) in [6.45, 7) is 2.72. The highest BCUT2D eigenvalue weighted by molar-refractivity contribution is 8.00. The second-order valence-electron chi connectivity index (χ2n) is 5.96.